The zero-order chi connectivity index (χ0) is 18.9. The largest absolute Gasteiger partial charge is 0.356 e. The number of hydrogen-bond donors (Lipinski definition) is 0. The topological polar surface area (TPSA) is 63.4 Å². The molecule has 2 aromatic carbocycles. The molecule has 136 valence electrons. The van der Waals surface area contributed by atoms with E-state index >= 15 is 0 Å². The Kier molecular flexibility index (Phi) is 4.87. The summed E-state index contributed by atoms with van der Waals surface area (Å²) in [6.45, 7) is 5.63. The van der Waals surface area contributed by atoms with Crippen molar-refractivity contribution in [3.63, 3.8) is 0 Å². The highest BCUT2D eigenvalue weighted by atomic mass is 32.2. The fourth-order valence-electron chi connectivity index (χ4n) is 2.92. The van der Waals surface area contributed by atoms with Crippen LogP contribution in [0, 0.1) is 13.8 Å². The molecule has 0 amide bonds. The standard InChI is InChI=1S/C20H22N2O3S/c1-5-16-8-6-7-9-18(16)22(4)26(23,24)20-13-17(11-10-14(20)2)19-12-15(3)21-25-19/h6-13H,5H2,1-4H3. The van der Waals surface area contributed by atoms with Gasteiger partial charge in [0.1, 0.15) is 0 Å². The van der Waals surface area contributed by atoms with Crippen LogP contribution in [0.4, 0.5) is 5.69 Å². The van der Waals surface area contributed by atoms with Crippen molar-refractivity contribution >= 4 is 15.7 Å². The molecule has 1 heterocycles. The lowest BCUT2D eigenvalue weighted by Gasteiger charge is -2.23. The highest BCUT2D eigenvalue weighted by molar-refractivity contribution is 7.92. The summed E-state index contributed by atoms with van der Waals surface area (Å²) in [6.07, 6.45) is 0.756. The Bertz CT molecular complexity index is 1040. The molecule has 0 unspecified atom stereocenters. The second-order valence-corrected chi connectivity index (χ2v) is 8.21. The van der Waals surface area contributed by atoms with Crippen LogP contribution in [-0.4, -0.2) is 20.6 Å². The van der Waals surface area contributed by atoms with E-state index in [1.807, 2.05) is 44.2 Å². The van der Waals surface area contributed by atoms with Gasteiger partial charge in [-0.15, -0.1) is 0 Å². The van der Waals surface area contributed by atoms with Gasteiger partial charge in [-0.1, -0.05) is 42.4 Å². The number of rotatable bonds is 5. The average Bonchev–Trinajstić information content (AvgIpc) is 3.07. The predicted molar refractivity (Wildman–Crippen MR) is 103 cm³/mol. The van der Waals surface area contributed by atoms with E-state index in [0.717, 1.165) is 17.7 Å². The van der Waals surface area contributed by atoms with E-state index in [4.69, 9.17) is 4.52 Å². The number of nitrogens with zero attached hydrogens (tertiary/aromatic N) is 2. The monoisotopic (exact) mass is 370 g/mol. The van der Waals surface area contributed by atoms with Gasteiger partial charge in [-0.25, -0.2) is 8.42 Å². The summed E-state index contributed by atoms with van der Waals surface area (Å²) in [5, 5.41) is 3.88. The first-order chi connectivity index (χ1) is 12.3. The molecule has 0 fully saturated rings. The molecule has 0 saturated heterocycles. The molecule has 0 aliphatic carbocycles. The highest BCUT2D eigenvalue weighted by Crippen LogP contribution is 2.30. The fourth-order valence-corrected chi connectivity index (χ4v) is 4.41. The maximum atomic E-state index is 13.3. The van der Waals surface area contributed by atoms with E-state index < -0.39 is 10.0 Å². The number of aryl methyl sites for hydroxylation is 3. The van der Waals surface area contributed by atoms with Crippen LogP contribution in [0.3, 0.4) is 0 Å². The minimum absolute atomic E-state index is 0.262. The molecule has 0 aliphatic rings. The lowest BCUT2D eigenvalue weighted by atomic mass is 10.1. The molecule has 3 aromatic rings. The van der Waals surface area contributed by atoms with Crippen molar-refractivity contribution < 1.29 is 12.9 Å². The van der Waals surface area contributed by atoms with Gasteiger partial charge in [0, 0.05) is 18.7 Å². The maximum absolute atomic E-state index is 13.3. The predicted octanol–water partition coefficient (Wildman–Crippen LogP) is 4.35. The first-order valence-corrected chi connectivity index (χ1v) is 9.89. The van der Waals surface area contributed by atoms with Gasteiger partial charge in [0.2, 0.25) is 0 Å². The second kappa shape index (κ2) is 6.96. The lowest BCUT2D eigenvalue weighted by Crippen LogP contribution is -2.28. The second-order valence-electron chi connectivity index (χ2n) is 6.27. The lowest BCUT2D eigenvalue weighted by molar-refractivity contribution is 0.427. The van der Waals surface area contributed by atoms with Crippen LogP contribution in [0.2, 0.25) is 0 Å². The van der Waals surface area contributed by atoms with E-state index in [1.54, 1.807) is 32.2 Å². The van der Waals surface area contributed by atoms with Gasteiger partial charge >= 0.3 is 0 Å². The Balaban J connectivity index is 2.09. The fraction of sp³-hybridized carbons (Fsp3) is 0.250. The molecule has 3 rings (SSSR count). The van der Waals surface area contributed by atoms with Crippen LogP contribution >= 0.6 is 0 Å². The summed E-state index contributed by atoms with van der Waals surface area (Å²) in [5.41, 5.74) is 3.80. The molecular weight excluding hydrogens is 348 g/mol. The van der Waals surface area contributed by atoms with Crippen LogP contribution in [0.1, 0.15) is 23.7 Å². The van der Waals surface area contributed by atoms with Crippen molar-refractivity contribution in [3.8, 4) is 11.3 Å². The molecule has 5 nitrogen and oxygen atoms in total. The molecule has 0 radical (unpaired) electrons. The normalized spacial score (nSPS) is 11.5. The number of para-hydroxylation sites is 1. The molecule has 0 aliphatic heterocycles. The molecule has 6 heteroatoms. The van der Waals surface area contributed by atoms with Crippen LogP contribution in [0.15, 0.2) is 57.9 Å². The SMILES string of the molecule is CCc1ccccc1N(C)S(=O)(=O)c1cc(-c2cc(C)no2)ccc1C. The summed E-state index contributed by atoms with van der Waals surface area (Å²) in [6, 6.07) is 14.6. The Morgan fingerprint density at radius 3 is 2.46 bits per heavy atom. The summed E-state index contributed by atoms with van der Waals surface area (Å²) < 4.78 is 33.2. The minimum Gasteiger partial charge on any atom is -0.356 e. The van der Waals surface area contributed by atoms with Crippen LogP contribution < -0.4 is 4.31 Å². The van der Waals surface area contributed by atoms with Gasteiger partial charge < -0.3 is 4.52 Å². The van der Waals surface area contributed by atoms with Gasteiger partial charge in [-0.05, 0) is 43.5 Å². The van der Waals surface area contributed by atoms with E-state index in [2.05, 4.69) is 5.16 Å². The van der Waals surface area contributed by atoms with Crippen molar-refractivity contribution in [1.82, 2.24) is 5.16 Å². The molecule has 0 atom stereocenters. The van der Waals surface area contributed by atoms with Crippen LogP contribution in [-0.2, 0) is 16.4 Å². The third kappa shape index (κ3) is 3.24. The number of hydrogen-bond acceptors (Lipinski definition) is 4. The molecular formula is C20H22N2O3S. The van der Waals surface area contributed by atoms with E-state index in [1.165, 1.54) is 4.31 Å². The Morgan fingerprint density at radius 1 is 1.08 bits per heavy atom. The van der Waals surface area contributed by atoms with Gasteiger partial charge in [0.05, 0.1) is 16.3 Å². The molecule has 0 N–H and O–H groups in total. The average molecular weight is 370 g/mol. The highest BCUT2D eigenvalue weighted by Gasteiger charge is 2.25. The smallest absolute Gasteiger partial charge is 0.264 e. The van der Waals surface area contributed by atoms with Gasteiger partial charge in [0.15, 0.2) is 5.76 Å². The molecule has 0 spiro atoms. The van der Waals surface area contributed by atoms with Crippen molar-refractivity contribution in [3.05, 3.63) is 65.4 Å². The summed E-state index contributed by atoms with van der Waals surface area (Å²) in [7, 11) is -2.12. The molecule has 0 bridgehead atoms. The van der Waals surface area contributed by atoms with Crippen LogP contribution in [0.5, 0.6) is 0 Å². The number of anilines is 1. The first-order valence-electron chi connectivity index (χ1n) is 8.45. The van der Waals surface area contributed by atoms with Crippen molar-refractivity contribution in [1.29, 1.82) is 0 Å². The third-order valence-corrected chi connectivity index (χ3v) is 6.36. The number of sulfonamides is 1. The molecule has 1 aromatic heterocycles. The van der Waals surface area contributed by atoms with Crippen molar-refractivity contribution in [2.45, 2.75) is 32.1 Å². The van der Waals surface area contributed by atoms with Crippen molar-refractivity contribution in [2.24, 2.45) is 0 Å². The number of benzene rings is 2. The van der Waals surface area contributed by atoms with Gasteiger partial charge in [-0.2, -0.15) is 0 Å². The maximum Gasteiger partial charge on any atom is 0.264 e. The van der Waals surface area contributed by atoms with Crippen molar-refractivity contribution in [2.75, 3.05) is 11.4 Å². The first kappa shape index (κ1) is 18.2. The van der Waals surface area contributed by atoms with E-state index in [-0.39, 0.29) is 4.90 Å². The molecule has 0 saturated carbocycles. The summed E-state index contributed by atoms with van der Waals surface area (Å²) in [4.78, 5) is 0.262. The molecule has 26 heavy (non-hydrogen) atoms. The van der Waals surface area contributed by atoms with E-state index in [0.29, 0.717) is 22.6 Å². The zero-order valence-corrected chi connectivity index (χ0v) is 16.2. The van der Waals surface area contributed by atoms with E-state index in [9.17, 15) is 8.42 Å². The van der Waals surface area contributed by atoms with Crippen LogP contribution in [0.25, 0.3) is 11.3 Å². The van der Waals surface area contributed by atoms with Gasteiger partial charge in [0.25, 0.3) is 10.0 Å². The summed E-state index contributed by atoms with van der Waals surface area (Å²) >= 11 is 0. The Morgan fingerprint density at radius 2 is 1.81 bits per heavy atom. The third-order valence-electron chi connectivity index (χ3n) is 4.45. The zero-order valence-electron chi connectivity index (χ0n) is 15.4. The Hall–Kier alpha value is -2.60. The number of aromatic nitrogens is 1. The Labute approximate surface area is 154 Å². The quantitative estimate of drug-likeness (QED) is 0.670. The minimum atomic E-state index is -3.71. The van der Waals surface area contributed by atoms with Gasteiger partial charge in [-0.3, -0.25) is 4.31 Å². The summed E-state index contributed by atoms with van der Waals surface area (Å²) in [5.74, 6) is 0.551.